The van der Waals surface area contributed by atoms with E-state index >= 15 is 0 Å². The van der Waals surface area contributed by atoms with Crippen LogP contribution in [0.1, 0.15) is 52.6 Å². The molecule has 1 aromatic heterocycles. The second-order valence-corrected chi connectivity index (χ2v) is 8.95. The van der Waals surface area contributed by atoms with Gasteiger partial charge in [-0.1, -0.05) is 48.7 Å². The van der Waals surface area contributed by atoms with Gasteiger partial charge in [0.05, 0.1) is 51.8 Å². The van der Waals surface area contributed by atoms with Gasteiger partial charge >= 0.3 is 5.97 Å². The van der Waals surface area contributed by atoms with Gasteiger partial charge in [-0.05, 0) is 30.7 Å². The van der Waals surface area contributed by atoms with Gasteiger partial charge in [0.25, 0.3) is 17.4 Å². The summed E-state index contributed by atoms with van der Waals surface area (Å²) in [6.07, 6.45) is 1.21. The first-order valence-corrected chi connectivity index (χ1v) is 11.8. The number of hydrogen-bond donors (Lipinski definition) is 1. The number of aromatic nitrogens is 1. The molecule has 0 saturated heterocycles. The van der Waals surface area contributed by atoms with Crippen LogP contribution in [0.25, 0.3) is 10.8 Å². The van der Waals surface area contributed by atoms with Gasteiger partial charge < -0.3 is 14.4 Å². The van der Waals surface area contributed by atoms with E-state index in [1.807, 2.05) is 6.92 Å². The third-order valence-corrected chi connectivity index (χ3v) is 6.57. The Labute approximate surface area is 210 Å². The molecule has 2 aromatic carbocycles. The highest BCUT2D eigenvalue weighted by atomic mass is 35.5. The van der Waals surface area contributed by atoms with Crippen LogP contribution in [0.5, 0.6) is 5.75 Å². The van der Waals surface area contributed by atoms with Crippen molar-refractivity contribution in [1.29, 1.82) is 0 Å². The fourth-order valence-corrected chi connectivity index (χ4v) is 4.40. The normalized spacial score (nSPS) is 12.9. The molecule has 10 heteroatoms. The summed E-state index contributed by atoms with van der Waals surface area (Å²) in [5, 5.41) is 10.2. The molecule has 182 valence electrons. The number of carboxylic acid groups (broad SMARTS) is 1. The summed E-state index contributed by atoms with van der Waals surface area (Å²) in [6.45, 7) is 1.83. The van der Waals surface area contributed by atoms with Crippen molar-refractivity contribution in [2.24, 2.45) is 0 Å². The number of aliphatic carboxylic acids is 1. The quantitative estimate of drug-likeness (QED) is 0.324. The number of fused-ring (bicyclic) bond motifs is 2. The molecule has 1 N–H and O–H groups in total. The summed E-state index contributed by atoms with van der Waals surface area (Å²) < 4.78 is 7.33. The molecule has 2 heterocycles. The maximum atomic E-state index is 13.5. The minimum Gasteiger partial charge on any atom is -0.491 e. The molecule has 0 fully saturated rings. The molecule has 35 heavy (non-hydrogen) atoms. The van der Waals surface area contributed by atoms with Gasteiger partial charge in [-0.15, -0.1) is 0 Å². The van der Waals surface area contributed by atoms with E-state index < -0.39 is 23.3 Å². The lowest BCUT2D eigenvalue weighted by Gasteiger charge is -2.23. The van der Waals surface area contributed by atoms with E-state index in [0.29, 0.717) is 18.4 Å². The molecular formula is C25H22Cl2N2O6. The lowest BCUT2D eigenvalue weighted by Crippen LogP contribution is -2.34. The number of carbonyl (C=O) groups excluding carboxylic acids is 2. The van der Waals surface area contributed by atoms with E-state index in [-0.39, 0.29) is 57.5 Å². The van der Waals surface area contributed by atoms with E-state index in [2.05, 4.69) is 0 Å². The zero-order valence-electron chi connectivity index (χ0n) is 18.8. The fraction of sp³-hybridized carbons (Fsp3) is 0.280. The van der Waals surface area contributed by atoms with Crippen molar-refractivity contribution in [2.45, 2.75) is 39.3 Å². The largest absolute Gasteiger partial charge is 0.491 e. The summed E-state index contributed by atoms with van der Waals surface area (Å²) in [5.41, 5.74) is 0.226. The van der Waals surface area contributed by atoms with Crippen molar-refractivity contribution < 1.29 is 24.2 Å². The Bertz CT molecular complexity index is 1380. The van der Waals surface area contributed by atoms with Crippen molar-refractivity contribution in [2.75, 3.05) is 6.61 Å². The number of unbranched alkanes of at least 4 members (excludes halogenated alkanes) is 1. The van der Waals surface area contributed by atoms with Crippen LogP contribution in [-0.2, 0) is 17.9 Å². The third-order valence-electron chi connectivity index (χ3n) is 5.85. The third kappa shape index (κ3) is 4.63. The van der Waals surface area contributed by atoms with Crippen molar-refractivity contribution in [3.05, 3.63) is 73.6 Å². The van der Waals surface area contributed by atoms with Crippen LogP contribution in [0, 0.1) is 0 Å². The lowest BCUT2D eigenvalue weighted by atomic mass is 10.1. The zero-order chi connectivity index (χ0) is 25.3. The number of halogens is 2. The molecule has 2 amide bonds. The Hall–Kier alpha value is -3.36. The van der Waals surface area contributed by atoms with Gasteiger partial charge in [-0.2, -0.15) is 0 Å². The zero-order valence-corrected chi connectivity index (χ0v) is 20.4. The number of rotatable bonds is 9. The number of nitrogens with zero attached hydrogens (tertiary/aromatic N) is 2. The number of pyridine rings is 1. The van der Waals surface area contributed by atoms with Gasteiger partial charge in [0.1, 0.15) is 5.75 Å². The van der Waals surface area contributed by atoms with E-state index in [0.717, 1.165) is 11.3 Å². The average Bonchev–Trinajstić information content (AvgIpc) is 3.07. The molecule has 0 atom stereocenters. The standard InChI is InChI=1S/C25H22Cl2N2O6/c1-2-3-10-35-22-16-11-18(26)19(27)12-17(16)25(34)28(9-8-21(30)31)20(22)13-29-23(32)14-6-4-5-7-15(14)24(29)33/h4-7,11-12H,2-3,8-10,13H2,1H3,(H,30,31). The molecule has 0 bridgehead atoms. The molecule has 1 aliphatic rings. The van der Waals surface area contributed by atoms with E-state index in [1.54, 1.807) is 24.3 Å². The first kappa shape index (κ1) is 24.8. The Morgan fingerprint density at radius 1 is 1.00 bits per heavy atom. The monoisotopic (exact) mass is 516 g/mol. The first-order valence-electron chi connectivity index (χ1n) is 11.1. The minimum atomic E-state index is -1.11. The summed E-state index contributed by atoms with van der Waals surface area (Å²) in [4.78, 5) is 52.0. The number of benzene rings is 2. The molecule has 8 nitrogen and oxygen atoms in total. The highest BCUT2D eigenvalue weighted by molar-refractivity contribution is 6.42. The molecule has 0 spiro atoms. The van der Waals surface area contributed by atoms with Crippen LogP contribution < -0.4 is 10.3 Å². The number of carbonyl (C=O) groups is 3. The Morgan fingerprint density at radius 3 is 2.17 bits per heavy atom. The first-order chi connectivity index (χ1) is 16.7. The van der Waals surface area contributed by atoms with Gasteiger partial charge in [0.2, 0.25) is 0 Å². The number of hydrogen-bond acceptors (Lipinski definition) is 5. The summed E-state index contributed by atoms with van der Waals surface area (Å²) in [5.74, 6) is -1.85. The highest BCUT2D eigenvalue weighted by Crippen LogP contribution is 2.36. The maximum absolute atomic E-state index is 13.5. The average molecular weight is 517 g/mol. The molecule has 1 aliphatic heterocycles. The number of amides is 2. The summed E-state index contributed by atoms with van der Waals surface area (Å²) in [6, 6.07) is 9.38. The molecular weight excluding hydrogens is 495 g/mol. The highest BCUT2D eigenvalue weighted by Gasteiger charge is 2.36. The SMILES string of the molecule is CCCCOc1c(CN2C(=O)c3ccccc3C2=O)n(CCC(=O)O)c(=O)c2cc(Cl)c(Cl)cc12. The van der Waals surface area contributed by atoms with E-state index in [9.17, 15) is 24.3 Å². The molecule has 0 unspecified atom stereocenters. The van der Waals surface area contributed by atoms with Crippen molar-refractivity contribution >= 4 is 51.8 Å². The van der Waals surface area contributed by atoms with Crippen molar-refractivity contribution in [1.82, 2.24) is 9.47 Å². The second-order valence-electron chi connectivity index (χ2n) is 8.13. The van der Waals surface area contributed by atoms with Crippen LogP contribution in [0.3, 0.4) is 0 Å². The maximum Gasteiger partial charge on any atom is 0.305 e. The Balaban J connectivity index is 1.93. The molecule has 4 rings (SSSR count). The predicted octanol–water partition coefficient (Wildman–Crippen LogP) is 4.76. The molecule has 0 radical (unpaired) electrons. The minimum absolute atomic E-state index is 0.161. The van der Waals surface area contributed by atoms with Crippen LogP contribution in [0.4, 0.5) is 0 Å². The second kappa shape index (κ2) is 10.1. The van der Waals surface area contributed by atoms with Gasteiger partial charge in [-0.3, -0.25) is 24.1 Å². The molecule has 3 aromatic rings. The van der Waals surface area contributed by atoms with Crippen LogP contribution >= 0.6 is 23.2 Å². The van der Waals surface area contributed by atoms with Crippen molar-refractivity contribution in [3.63, 3.8) is 0 Å². The van der Waals surface area contributed by atoms with Gasteiger partial charge in [0, 0.05) is 11.9 Å². The van der Waals surface area contributed by atoms with Crippen LogP contribution in [-0.4, -0.2) is 39.0 Å². The predicted molar refractivity (Wildman–Crippen MR) is 132 cm³/mol. The number of ether oxygens (including phenoxy) is 1. The van der Waals surface area contributed by atoms with Crippen LogP contribution in [0.15, 0.2) is 41.2 Å². The Morgan fingerprint density at radius 2 is 1.60 bits per heavy atom. The van der Waals surface area contributed by atoms with E-state index in [1.165, 1.54) is 16.7 Å². The van der Waals surface area contributed by atoms with Crippen molar-refractivity contribution in [3.8, 4) is 5.75 Å². The number of imide groups is 1. The van der Waals surface area contributed by atoms with Crippen LogP contribution in [0.2, 0.25) is 10.0 Å². The molecule has 0 saturated carbocycles. The lowest BCUT2D eigenvalue weighted by molar-refractivity contribution is -0.137. The number of carboxylic acids is 1. The van der Waals surface area contributed by atoms with Gasteiger partial charge in [-0.25, -0.2) is 0 Å². The fourth-order valence-electron chi connectivity index (χ4n) is 4.07. The van der Waals surface area contributed by atoms with Gasteiger partial charge in [0.15, 0.2) is 0 Å². The Kier molecular flexibility index (Phi) is 7.14. The molecule has 0 aliphatic carbocycles. The van der Waals surface area contributed by atoms with E-state index in [4.69, 9.17) is 27.9 Å². The smallest absolute Gasteiger partial charge is 0.305 e. The summed E-state index contributed by atoms with van der Waals surface area (Å²) in [7, 11) is 0. The summed E-state index contributed by atoms with van der Waals surface area (Å²) >= 11 is 12.4. The topological polar surface area (TPSA) is 106 Å².